The number of aromatic nitrogens is 3. The first kappa shape index (κ1) is 17.0. The average molecular weight is 383 g/mol. The van der Waals surface area contributed by atoms with Crippen LogP contribution >= 0.6 is 27.7 Å². The molecule has 2 rings (SSSR count). The van der Waals surface area contributed by atoms with Gasteiger partial charge in [-0.05, 0) is 59.8 Å². The van der Waals surface area contributed by atoms with Gasteiger partial charge in [-0.15, -0.1) is 10.2 Å². The highest BCUT2D eigenvalue weighted by molar-refractivity contribution is 9.10. The number of benzene rings is 1. The van der Waals surface area contributed by atoms with Gasteiger partial charge >= 0.3 is 0 Å². The Labute approximate surface area is 143 Å². The standard InChI is InChI=1S/C15H19BrN4OS/c1-5-14-18-19-15(22-4)20(14)17-9-11-6-7-13(12(16)8-11)21-10(2)3/h6-10H,5H2,1-4H3/b17-9-. The fourth-order valence-electron chi connectivity index (χ4n) is 1.83. The minimum Gasteiger partial charge on any atom is -0.490 e. The van der Waals surface area contributed by atoms with E-state index in [1.807, 2.05) is 45.2 Å². The van der Waals surface area contributed by atoms with E-state index in [0.717, 1.165) is 33.2 Å². The Bertz CT molecular complexity index is 648. The molecule has 0 amide bonds. The molecule has 0 radical (unpaired) electrons. The van der Waals surface area contributed by atoms with Crippen LogP contribution in [0, 0.1) is 0 Å². The molecule has 0 aliphatic rings. The van der Waals surface area contributed by atoms with E-state index in [-0.39, 0.29) is 6.10 Å². The van der Waals surface area contributed by atoms with E-state index < -0.39 is 0 Å². The first-order chi connectivity index (χ1) is 10.5. The van der Waals surface area contributed by atoms with Gasteiger partial charge in [-0.2, -0.15) is 9.78 Å². The lowest BCUT2D eigenvalue weighted by molar-refractivity contribution is 0.241. The molecular weight excluding hydrogens is 364 g/mol. The molecule has 118 valence electrons. The summed E-state index contributed by atoms with van der Waals surface area (Å²) in [5.74, 6) is 1.68. The van der Waals surface area contributed by atoms with Crippen molar-refractivity contribution in [3.05, 3.63) is 34.1 Å². The van der Waals surface area contributed by atoms with Crippen molar-refractivity contribution in [2.75, 3.05) is 6.26 Å². The lowest BCUT2D eigenvalue weighted by atomic mass is 10.2. The van der Waals surface area contributed by atoms with Crippen LogP contribution in [0.3, 0.4) is 0 Å². The van der Waals surface area contributed by atoms with Crippen molar-refractivity contribution in [3.63, 3.8) is 0 Å². The molecule has 7 heteroatoms. The smallest absolute Gasteiger partial charge is 0.211 e. The van der Waals surface area contributed by atoms with E-state index in [9.17, 15) is 0 Å². The average Bonchev–Trinajstić information content (AvgIpc) is 2.89. The van der Waals surface area contributed by atoms with Gasteiger partial charge in [0.1, 0.15) is 5.75 Å². The van der Waals surface area contributed by atoms with Gasteiger partial charge in [-0.3, -0.25) is 0 Å². The highest BCUT2D eigenvalue weighted by atomic mass is 79.9. The summed E-state index contributed by atoms with van der Waals surface area (Å²) in [6, 6.07) is 5.89. The predicted molar refractivity (Wildman–Crippen MR) is 94.1 cm³/mol. The zero-order chi connectivity index (χ0) is 16.1. The second-order valence-corrected chi connectivity index (χ2v) is 6.50. The lowest BCUT2D eigenvalue weighted by Crippen LogP contribution is -2.06. The second kappa shape index (κ2) is 7.78. The van der Waals surface area contributed by atoms with Crippen molar-refractivity contribution in [1.82, 2.24) is 14.9 Å². The Morgan fingerprint density at radius 2 is 2.18 bits per heavy atom. The maximum Gasteiger partial charge on any atom is 0.211 e. The third-order valence-electron chi connectivity index (χ3n) is 2.82. The van der Waals surface area contributed by atoms with Crippen molar-refractivity contribution in [3.8, 4) is 5.75 Å². The summed E-state index contributed by atoms with van der Waals surface area (Å²) in [5.41, 5.74) is 0.978. The van der Waals surface area contributed by atoms with Crippen molar-refractivity contribution < 1.29 is 4.74 Å². The van der Waals surface area contributed by atoms with E-state index in [1.54, 1.807) is 10.9 Å². The van der Waals surface area contributed by atoms with Crippen LogP contribution in [0.15, 0.2) is 32.9 Å². The summed E-state index contributed by atoms with van der Waals surface area (Å²) in [4.78, 5) is 0. The van der Waals surface area contributed by atoms with Crippen molar-refractivity contribution in [2.24, 2.45) is 5.10 Å². The van der Waals surface area contributed by atoms with Crippen molar-refractivity contribution in [2.45, 2.75) is 38.5 Å². The molecule has 22 heavy (non-hydrogen) atoms. The summed E-state index contributed by atoms with van der Waals surface area (Å²) >= 11 is 5.05. The van der Waals surface area contributed by atoms with Crippen LogP contribution in [-0.2, 0) is 6.42 Å². The van der Waals surface area contributed by atoms with Crippen LogP contribution in [0.1, 0.15) is 32.2 Å². The molecule has 0 aliphatic carbocycles. The molecule has 5 nitrogen and oxygen atoms in total. The molecule has 2 aromatic rings. The topological polar surface area (TPSA) is 52.3 Å². The zero-order valence-electron chi connectivity index (χ0n) is 13.1. The van der Waals surface area contributed by atoms with Gasteiger partial charge in [0.05, 0.1) is 16.8 Å². The number of aryl methyl sites for hydroxylation is 1. The zero-order valence-corrected chi connectivity index (χ0v) is 15.5. The Morgan fingerprint density at radius 3 is 2.77 bits per heavy atom. The molecule has 0 spiro atoms. The van der Waals surface area contributed by atoms with Crippen LogP contribution < -0.4 is 4.74 Å². The molecule has 1 aromatic heterocycles. The molecule has 0 saturated heterocycles. The molecule has 1 aromatic carbocycles. The molecule has 0 atom stereocenters. The number of ether oxygens (including phenoxy) is 1. The summed E-state index contributed by atoms with van der Waals surface area (Å²) in [6.45, 7) is 6.04. The van der Waals surface area contributed by atoms with Gasteiger partial charge in [0.15, 0.2) is 5.82 Å². The van der Waals surface area contributed by atoms with Crippen molar-refractivity contribution in [1.29, 1.82) is 0 Å². The minimum absolute atomic E-state index is 0.143. The van der Waals surface area contributed by atoms with Gasteiger partial charge in [0.2, 0.25) is 5.16 Å². The highest BCUT2D eigenvalue weighted by Gasteiger charge is 2.08. The van der Waals surface area contributed by atoms with Crippen LogP contribution in [0.2, 0.25) is 0 Å². The van der Waals surface area contributed by atoms with Crippen molar-refractivity contribution >= 4 is 33.9 Å². The third kappa shape index (κ3) is 4.10. The first-order valence-corrected chi connectivity index (χ1v) is 9.05. The van der Waals surface area contributed by atoms with Gasteiger partial charge in [-0.1, -0.05) is 18.7 Å². The van der Waals surface area contributed by atoms with Crippen LogP contribution in [0.4, 0.5) is 0 Å². The van der Waals surface area contributed by atoms with Gasteiger partial charge in [-0.25, -0.2) is 0 Å². The molecule has 0 N–H and O–H groups in total. The normalized spacial score (nSPS) is 11.5. The van der Waals surface area contributed by atoms with Crippen LogP contribution in [0.25, 0.3) is 0 Å². The number of nitrogens with zero attached hydrogens (tertiary/aromatic N) is 4. The monoisotopic (exact) mass is 382 g/mol. The molecule has 0 saturated carbocycles. The van der Waals surface area contributed by atoms with Gasteiger partial charge in [0.25, 0.3) is 0 Å². The predicted octanol–water partition coefficient (Wildman–Crippen LogP) is 3.99. The number of thioether (sulfide) groups is 1. The van der Waals surface area contributed by atoms with E-state index in [1.165, 1.54) is 11.8 Å². The highest BCUT2D eigenvalue weighted by Crippen LogP contribution is 2.26. The van der Waals surface area contributed by atoms with Gasteiger partial charge in [0, 0.05) is 6.42 Å². The van der Waals surface area contributed by atoms with E-state index in [4.69, 9.17) is 4.74 Å². The maximum absolute atomic E-state index is 5.70. The number of hydrogen-bond acceptors (Lipinski definition) is 5. The SMILES string of the molecule is CCc1nnc(SC)n1/N=C\c1ccc(OC(C)C)c(Br)c1. The van der Waals surface area contributed by atoms with E-state index in [2.05, 4.69) is 31.2 Å². The largest absolute Gasteiger partial charge is 0.490 e. The Kier molecular flexibility index (Phi) is 6.02. The first-order valence-electron chi connectivity index (χ1n) is 7.04. The summed E-state index contributed by atoms with van der Waals surface area (Å²) in [7, 11) is 0. The Balaban J connectivity index is 2.24. The Morgan fingerprint density at radius 1 is 1.41 bits per heavy atom. The Hall–Kier alpha value is -1.34. The maximum atomic E-state index is 5.70. The fraction of sp³-hybridized carbons (Fsp3) is 0.400. The summed E-state index contributed by atoms with van der Waals surface area (Å²) < 4.78 is 8.39. The number of rotatable bonds is 6. The van der Waals surface area contributed by atoms with Crippen LogP contribution in [-0.4, -0.2) is 33.4 Å². The van der Waals surface area contributed by atoms with E-state index in [0.29, 0.717) is 0 Å². The lowest BCUT2D eigenvalue weighted by Gasteiger charge is -2.11. The molecule has 1 heterocycles. The number of halogens is 1. The fourth-order valence-corrected chi connectivity index (χ4v) is 2.77. The van der Waals surface area contributed by atoms with E-state index >= 15 is 0 Å². The minimum atomic E-state index is 0.143. The van der Waals surface area contributed by atoms with Crippen LogP contribution in [0.5, 0.6) is 5.75 Å². The number of hydrogen-bond donors (Lipinski definition) is 0. The molecule has 0 aliphatic heterocycles. The summed E-state index contributed by atoms with van der Waals surface area (Å²) in [5, 5.41) is 13.5. The molecule has 0 fully saturated rings. The quantitative estimate of drug-likeness (QED) is 0.559. The molecule has 0 bridgehead atoms. The third-order valence-corrected chi connectivity index (χ3v) is 4.06. The molecular formula is C15H19BrN4OS. The van der Waals surface area contributed by atoms with Gasteiger partial charge < -0.3 is 4.74 Å². The summed E-state index contributed by atoms with van der Waals surface area (Å²) in [6.07, 6.45) is 4.69. The second-order valence-electron chi connectivity index (χ2n) is 4.87. The molecule has 0 unspecified atom stereocenters.